The summed E-state index contributed by atoms with van der Waals surface area (Å²) in [7, 11) is 0. The van der Waals surface area contributed by atoms with Gasteiger partial charge in [0.05, 0.1) is 12.0 Å². The molecule has 0 radical (unpaired) electrons. The fraction of sp³-hybridized carbons (Fsp3) is 0.562. The van der Waals surface area contributed by atoms with E-state index in [0.29, 0.717) is 23.5 Å². The van der Waals surface area contributed by atoms with E-state index in [4.69, 9.17) is 4.42 Å². The summed E-state index contributed by atoms with van der Waals surface area (Å²) in [4.78, 5) is 35.0. The van der Waals surface area contributed by atoms with Crippen molar-refractivity contribution in [2.24, 2.45) is 11.3 Å². The van der Waals surface area contributed by atoms with Crippen molar-refractivity contribution in [3.05, 3.63) is 33.4 Å². The molecule has 2 amide bonds. The molecule has 0 aromatic carbocycles. The van der Waals surface area contributed by atoms with Gasteiger partial charge in [-0.3, -0.25) is 14.9 Å². The Morgan fingerprint density at radius 1 is 1.29 bits per heavy atom. The van der Waals surface area contributed by atoms with Gasteiger partial charge in [-0.1, -0.05) is 27.7 Å². The summed E-state index contributed by atoms with van der Waals surface area (Å²) < 4.78 is 5.03. The summed E-state index contributed by atoms with van der Waals surface area (Å²) in [5.74, 6) is -0.394. The minimum Gasteiger partial charge on any atom is -0.426 e. The van der Waals surface area contributed by atoms with Crippen molar-refractivity contribution in [1.29, 1.82) is 0 Å². The van der Waals surface area contributed by atoms with Gasteiger partial charge < -0.3 is 4.42 Å². The molecule has 1 N–H and O–H groups in total. The molecule has 0 aliphatic carbocycles. The van der Waals surface area contributed by atoms with Crippen LogP contribution < -0.4 is 10.9 Å². The third-order valence-corrected chi connectivity index (χ3v) is 3.45. The molecule has 1 aliphatic rings. The van der Waals surface area contributed by atoms with Crippen molar-refractivity contribution in [1.82, 2.24) is 5.32 Å². The van der Waals surface area contributed by atoms with E-state index in [9.17, 15) is 14.4 Å². The van der Waals surface area contributed by atoms with Crippen LogP contribution in [0.5, 0.6) is 0 Å². The van der Waals surface area contributed by atoms with E-state index in [1.807, 2.05) is 0 Å². The summed E-state index contributed by atoms with van der Waals surface area (Å²) >= 11 is 0. The largest absolute Gasteiger partial charge is 0.426 e. The van der Waals surface area contributed by atoms with Crippen LogP contribution in [0.25, 0.3) is 0 Å². The molecule has 1 aromatic heterocycles. The van der Waals surface area contributed by atoms with E-state index in [0.717, 1.165) is 6.42 Å². The number of carbonyl (C=O) groups excluding carboxylic acids is 2. The van der Waals surface area contributed by atoms with E-state index in [2.05, 4.69) is 33.0 Å². The molecular weight excluding hydrogens is 270 g/mol. The van der Waals surface area contributed by atoms with Crippen molar-refractivity contribution in [3.63, 3.8) is 0 Å². The van der Waals surface area contributed by atoms with Gasteiger partial charge in [-0.2, -0.15) is 0 Å². The van der Waals surface area contributed by atoms with Gasteiger partial charge in [-0.25, -0.2) is 4.79 Å². The number of fused-ring (bicyclic) bond motifs is 1. The molecule has 21 heavy (non-hydrogen) atoms. The maximum Gasteiger partial charge on any atom is 0.336 e. The number of carbonyl (C=O) groups is 2. The number of hydrogen-bond acceptors (Lipinski definition) is 4. The lowest BCUT2D eigenvalue weighted by Gasteiger charge is -2.24. The monoisotopic (exact) mass is 291 g/mol. The molecule has 5 nitrogen and oxygen atoms in total. The van der Waals surface area contributed by atoms with E-state index >= 15 is 0 Å². The highest BCUT2D eigenvalue weighted by molar-refractivity contribution is 6.09. The van der Waals surface area contributed by atoms with Crippen LogP contribution in [0.1, 0.15) is 55.8 Å². The summed E-state index contributed by atoms with van der Waals surface area (Å²) in [5, 5.41) is 2.28. The smallest absolute Gasteiger partial charge is 0.336 e. The Labute approximate surface area is 123 Å². The van der Waals surface area contributed by atoms with Gasteiger partial charge in [0.2, 0.25) is 5.91 Å². The van der Waals surface area contributed by atoms with Gasteiger partial charge >= 0.3 is 5.63 Å². The van der Waals surface area contributed by atoms with E-state index in [1.165, 1.54) is 6.07 Å². The van der Waals surface area contributed by atoms with Crippen LogP contribution in [0.4, 0.5) is 0 Å². The Morgan fingerprint density at radius 2 is 1.95 bits per heavy atom. The molecule has 1 aliphatic heterocycles. The fourth-order valence-corrected chi connectivity index (χ4v) is 3.03. The normalized spacial score (nSPS) is 16.4. The Morgan fingerprint density at radius 3 is 2.57 bits per heavy atom. The van der Waals surface area contributed by atoms with Gasteiger partial charge in [0, 0.05) is 6.07 Å². The average molecular weight is 291 g/mol. The molecule has 0 saturated heterocycles. The molecular formula is C16H21NO4. The zero-order chi connectivity index (χ0) is 15.8. The topological polar surface area (TPSA) is 76.4 Å². The minimum atomic E-state index is -0.505. The molecule has 5 heteroatoms. The van der Waals surface area contributed by atoms with E-state index in [-0.39, 0.29) is 17.6 Å². The van der Waals surface area contributed by atoms with Crippen LogP contribution in [-0.2, 0) is 17.6 Å². The predicted molar refractivity (Wildman–Crippen MR) is 78.1 cm³/mol. The zero-order valence-corrected chi connectivity index (χ0v) is 12.9. The van der Waals surface area contributed by atoms with Crippen molar-refractivity contribution in [3.8, 4) is 0 Å². The van der Waals surface area contributed by atoms with Crippen molar-refractivity contribution < 1.29 is 14.0 Å². The number of rotatable bonds is 3. The van der Waals surface area contributed by atoms with Crippen LogP contribution in [0, 0.1) is 11.3 Å². The minimum absolute atomic E-state index is 0.0577. The van der Waals surface area contributed by atoms with Gasteiger partial charge in [0.1, 0.15) is 5.76 Å². The van der Waals surface area contributed by atoms with E-state index < -0.39 is 17.4 Å². The Kier molecular flexibility index (Phi) is 4.03. The SMILES string of the molecule is CC(Cc1cc(=O)oc2c1C(=O)NC(=O)C2)CC(C)(C)C. The fourth-order valence-electron chi connectivity index (χ4n) is 3.03. The first kappa shape index (κ1) is 15.5. The Hall–Kier alpha value is -1.91. The molecule has 2 heterocycles. The second-order valence-electron chi connectivity index (χ2n) is 7.02. The Balaban J connectivity index is 2.34. The second kappa shape index (κ2) is 5.47. The molecule has 1 unspecified atom stereocenters. The maximum absolute atomic E-state index is 12.0. The molecule has 1 atom stereocenters. The lowest BCUT2D eigenvalue weighted by Crippen LogP contribution is -2.39. The summed E-state index contributed by atoms with van der Waals surface area (Å²) in [6, 6.07) is 1.37. The molecule has 1 aromatic rings. The highest BCUT2D eigenvalue weighted by Crippen LogP contribution is 2.28. The highest BCUT2D eigenvalue weighted by atomic mass is 16.4. The first-order valence-electron chi connectivity index (χ1n) is 7.16. The number of amides is 2. The van der Waals surface area contributed by atoms with Crippen molar-refractivity contribution >= 4 is 11.8 Å². The standard InChI is InChI=1S/C16H21NO4/c1-9(8-16(2,3)4)5-10-6-13(19)21-11-7-12(18)17-15(20)14(10)11/h6,9H,5,7-8H2,1-4H3,(H,17,18,20). The van der Waals surface area contributed by atoms with Gasteiger partial charge in [0.25, 0.3) is 5.91 Å². The predicted octanol–water partition coefficient (Wildman–Crippen LogP) is 2.07. The molecule has 0 spiro atoms. The van der Waals surface area contributed by atoms with Gasteiger partial charge in [-0.05, 0) is 29.7 Å². The van der Waals surface area contributed by atoms with E-state index in [1.54, 1.807) is 0 Å². The summed E-state index contributed by atoms with van der Waals surface area (Å²) in [6.07, 6.45) is 1.53. The van der Waals surface area contributed by atoms with Crippen molar-refractivity contribution in [2.45, 2.75) is 47.0 Å². The van der Waals surface area contributed by atoms with Crippen LogP contribution in [0.15, 0.2) is 15.3 Å². The number of nitrogens with one attached hydrogen (secondary N) is 1. The van der Waals surface area contributed by atoms with Crippen LogP contribution in [0.3, 0.4) is 0 Å². The first-order valence-corrected chi connectivity index (χ1v) is 7.16. The Bertz CT molecular complexity index is 637. The molecule has 114 valence electrons. The lowest BCUT2D eigenvalue weighted by atomic mass is 9.82. The van der Waals surface area contributed by atoms with Crippen LogP contribution in [0.2, 0.25) is 0 Å². The van der Waals surface area contributed by atoms with Gasteiger partial charge in [0.15, 0.2) is 0 Å². The quantitative estimate of drug-likeness (QED) is 0.865. The third kappa shape index (κ3) is 3.80. The highest BCUT2D eigenvalue weighted by Gasteiger charge is 2.29. The van der Waals surface area contributed by atoms with Gasteiger partial charge in [-0.15, -0.1) is 0 Å². The van der Waals surface area contributed by atoms with Crippen molar-refractivity contribution in [2.75, 3.05) is 0 Å². The second-order valence-corrected chi connectivity index (χ2v) is 7.02. The summed E-state index contributed by atoms with van der Waals surface area (Å²) in [6.45, 7) is 8.56. The molecule has 0 fully saturated rings. The maximum atomic E-state index is 12.0. The number of imide groups is 1. The number of hydrogen-bond donors (Lipinski definition) is 1. The molecule has 0 saturated carbocycles. The lowest BCUT2D eigenvalue weighted by molar-refractivity contribution is -0.120. The van der Waals surface area contributed by atoms with Crippen LogP contribution in [-0.4, -0.2) is 11.8 Å². The third-order valence-electron chi connectivity index (χ3n) is 3.45. The molecule has 0 bridgehead atoms. The first-order chi connectivity index (χ1) is 9.65. The zero-order valence-electron chi connectivity index (χ0n) is 12.9. The van der Waals surface area contributed by atoms with Crippen LogP contribution >= 0.6 is 0 Å². The molecule has 2 rings (SSSR count). The average Bonchev–Trinajstić information content (AvgIpc) is 2.23. The summed E-state index contributed by atoms with van der Waals surface area (Å²) in [5.41, 5.74) is 0.698.